The van der Waals surface area contributed by atoms with Crippen LogP contribution in [-0.2, 0) is 11.3 Å². The molecule has 5 rings (SSSR count). The van der Waals surface area contributed by atoms with Crippen LogP contribution < -0.4 is 20.5 Å². The van der Waals surface area contributed by atoms with Crippen LogP contribution in [-0.4, -0.2) is 76.1 Å². The number of benzene rings is 1. The fourth-order valence-corrected chi connectivity index (χ4v) is 4.37. The van der Waals surface area contributed by atoms with Gasteiger partial charge in [0.1, 0.15) is 17.7 Å². The highest BCUT2D eigenvalue weighted by Crippen LogP contribution is 2.32. The lowest BCUT2D eigenvalue weighted by molar-refractivity contribution is 0.129. The van der Waals surface area contributed by atoms with Crippen molar-refractivity contribution in [1.29, 1.82) is 0 Å². The number of carbonyl (C=O) groups is 2. The molecule has 3 aromatic rings. The molecular weight excluding hydrogens is 473 g/mol. The van der Waals surface area contributed by atoms with Gasteiger partial charge in [-0.1, -0.05) is 10.4 Å². The molecule has 0 spiro atoms. The molecule has 0 saturated carbocycles. The number of rotatable bonds is 5. The van der Waals surface area contributed by atoms with Gasteiger partial charge in [0.05, 0.1) is 37.2 Å². The summed E-state index contributed by atoms with van der Waals surface area (Å²) in [6.07, 6.45) is 2.28. The summed E-state index contributed by atoms with van der Waals surface area (Å²) in [5.41, 5.74) is 4.58. The second-order valence-corrected chi connectivity index (χ2v) is 8.63. The summed E-state index contributed by atoms with van der Waals surface area (Å²) in [4.78, 5) is 28.3. The molecule has 4 heterocycles. The van der Waals surface area contributed by atoms with Gasteiger partial charge >= 0.3 is 12.1 Å². The zero-order valence-corrected chi connectivity index (χ0v) is 19.8. The number of carbonyl (C=O) groups excluding carboxylic acids is 2. The van der Waals surface area contributed by atoms with E-state index in [9.17, 15) is 9.59 Å². The monoisotopic (exact) mass is 499 g/mol. The lowest BCUT2D eigenvalue weighted by Gasteiger charge is -2.26. The van der Waals surface area contributed by atoms with Crippen molar-refractivity contribution in [3.8, 4) is 0 Å². The molecule has 2 aliphatic heterocycles. The molecule has 0 radical (unpaired) electrons. The molecule has 1 aromatic carbocycles. The third-order valence-electron chi connectivity index (χ3n) is 5.99. The van der Waals surface area contributed by atoms with E-state index in [1.165, 1.54) is 16.0 Å². The van der Waals surface area contributed by atoms with E-state index >= 15 is 4.39 Å². The van der Waals surface area contributed by atoms with Gasteiger partial charge in [-0.3, -0.25) is 15.2 Å². The number of amides is 3. The average molecular weight is 500 g/mol. The van der Waals surface area contributed by atoms with Crippen molar-refractivity contribution in [2.45, 2.75) is 26.5 Å². The minimum absolute atomic E-state index is 0.277. The molecule has 3 amide bonds. The first kappa shape index (κ1) is 23.5. The van der Waals surface area contributed by atoms with Gasteiger partial charge < -0.3 is 14.2 Å². The summed E-state index contributed by atoms with van der Waals surface area (Å²) < 4.78 is 27.4. The van der Waals surface area contributed by atoms with E-state index in [4.69, 9.17) is 9.26 Å². The highest BCUT2D eigenvalue weighted by atomic mass is 19.1. The van der Waals surface area contributed by atoms with E-state index in [2.05, 4.69) is 26.2 Å². The third-order valence-corrected chi connectivity index (χ3v) is 5.99. The number of nitrogens with one attached hydrogen (secondary N) is 2. The number of cyclic esters (lactones) is 1. The molecule has 0 aliphatic carbocycles. The molecular formula is C22H26FN9O4. The normalized spacial score (nSPS) is 18.4. The average Bonchev–Trinajstić information content (AvgIpc) is 3.53. The number of hydrazine groups is 1. The van der Waals surface area contributed by atoms with Crippen molar-refractivity contribution >= 4 is 29.3 Å². The van der Waals surface area contributed by atoms with Gasteiger partial charge in [0.15, 0.2) is 5.82 Å². The lowest BCUT2D eigenvalue weighted by Crippen LogP contribution is -2.46. The van der Waals surface area contributed by atoms with Gasteiger partial charge in [0.2, 0.25) is 0 Å². The largest absolute Gasteiger partial charge is 0.442 e. The first-order chi connectivity index (χ1) is 17.4. The summed E-state index contributed by atoms with van der Waals surface area (Å²) in [7, 11) is 0. The molecule has 2 saturated heterocycles. The Kier molecular flexibility index (Phi) is 6.41. The Morgan fingerprint density at radius 2 is 2.11 bits per heavy atom. The summed E-state index contributed by atoms with van der Waals surface area (Å²) in [6, 6.07) is 4.35. The van der Waals surface area contributed by atoms with Crippen molar-refractivity contribution in [3.63, 3.8) is 0 Å². The molecule has 1 atom stereocenters. The fraction of sp³-hybridized carbons (Fsp3) is 0.409. The van der Waals surface area contributed by atoms with E-state index < -0.39 is 18.0 Å². The van der Waals surface area contributed by atoms with Crippen molar-refractivity contribution in [1.82, 2.24) is 30.6 Å². The molecule has 0 unspecified atom stereocenters. The summed E-state index contributed by atoms with van der Waals surface area (Å²) in [5.74, 6) is 0.456. The summed E-state index contributed by atoms with van der Waals surface area (Å²) >= 11 is 0. The van der Waals surface area contributed by atoms with Crippen LogP contribution in [0.5, 0.6) is 0 Å². The molecule has 2 N–H and O–H groups in total. The number of ether oxygens (including phenoxy) is 1. The van der Waals surface area contributed by atoms with Crippen molar-refractivity contribution in [3.05, 3.63) is 47.7 Å². The number of halogens is 1. The second-order valence-electron chi connectivity index (χ2n) is 8.63. The zero-order valence-electron chi connectivity index (χ0n) is 19.8. The van der Waals surface area contributed by atoms with Crippen LogP contribution in [0.3, 0.4) is 0 Å². The topological polar surface area (TPSA) is 134 Å². The van der Waals surface area contributed by atoms with Crippen molar-refractivity contribution in [2.75, 3.05) is 47.8 Å². The van der Waals surface area contributed by atoms with Crippen LogP contribution in [0.25, 0.3) is 0 Å². The number of aryl methyl sites for hydroxylation is 2. The lowest BCUT2D eigenvalue weighted by atomic mass is 10.1. The van der Waals surface area contributed by atoms with Crippen LogP contribution >= 0.6 is 0 Å². The van der Waals surface area contributed by atoms with Gasteiger partial charge in [-0.2, -0.15) is 0 Å². The number of urea groups is 1. The highest BCUT2D eigenvalue weighted by molar-refractivity contribution is 5.90. The zero-order chi connectivity index (χ0) is 25.2. The molecule has 14 heteroatoms. The first-order valence-electron chi connectivity index (χ1n) is 11.5. The Labute approximate surface area is 205 Å². The van der Waals surface area contributed by atoms with Gasteiger partial charge in [0, 0.05) is 31.9 Å². The Bertz CT molecular complexity index is 1230. The van der Waals surface area contributed by atoms with Crippen molar-refractivity contribution < 1.29 is 23.2 Å². The maximum absolute atomic E-state index is 15.4. The van der Waals surface area contributed by atoms with Gasteiger partial charge in [-0.15, -0.1) is 5.10 Å². The number of anilines is 3. The van der Waals surface area contributed by atoms with Gasteiger partial charge in [-0.05, 0) is 31.5 Å². The molecule has 2 fully saturated rings. The number of aromatic nitrogens is 4. The second kappa shape index (κ2) is 9.81. The van der Waals surface area contributed by atoms with Crippen LogP contribution in [0.1, 0.15) is 11.3 Å². The quantitative estimate of drug-likeness (QED) is 0.540. The molecule has 13 nitrogen and oxygen atoms in total. The van der Waals surface area contributed by atoms with E-state index in [-0.39, 0.29) is 12.6 Å². The molecule has 2 aromatic heterocycles. The van der Waals surface area contributed by atoms with Crippen LogP contribution in [0.15, 0.2) is 35.1 Å². The van der Waals surface area contributed by atoms with E-state index in [0.717, 1.165) is 0 Å². The first-order valence-corrected chi connectivity index (χ1v) is 11.5. The maximum atomic E-state index is 15.4. The highest BCUT2D eigenvalue weighted by Gasteiger charge is 2.34. The molecule has 36 heavy (non-hydrogen) atoms. The summed E-state index contributed by atoms with van der Waals surface area (Å²) in [5, 5.41) is 15.5. The van der Waals surface area contributed by atoms with Crippen LogP contribution in [0.4, 0.5) is 31.2 Å². The predicted molar refractivity (Wildman–Crippen MR) is 126 cm³/mol. The Morgan fingerprint density at radius 1 is 1.25 bits per heavy atom. The maximum Gasteiger partial charge on any atom is 0.414 e. The standard InChI is InChI=1S/C22H26FN9O4/c1-14-9-16(31-13-17(35-22(31)34)12-30-6-3-24-28-30)11-18(23)20(14)29-5-4-25-32(8-7-29)21(33)26-19-10-15(2)36-27-19/h3,6,9-11,17,25H,4-5,7-8,12-13H2,1-2H3,(H,26,27,33)/t17-/m0/s1. The predicted octanol–water partition coefficient (Wildman–Crippen LogP) is 1.91. The Hall–Kier alpha value is -4.20. The molecule has 190 valence electrons. The Morgan fingerprint density at radius 3 is 2.83 bits per heavy atom. The third kappa shape index (κ3) is 4.93. The smallest absolute Gasteiger partial charge is 0.414 e. The van der Waals surface area contributed by atoms with Gasteiger partial charge in [-0.25, -0.2) is 24.1 Å². The van der Waals surface area contributed by atoms with Crippen LogP contribution in [0, 0.1) is 19.7 Å². The van der Waals surface area contributed by atoms with E-state index in [1.54, 1.807) is 43.1 Å². The van der Waals surface area contributed by atoms with E-state index in [0.29, 0.717) is 61.2 Å². The SMILES string of the molecule is Cc1cc(NC(=O)N2CCN(c3c(C)cc(N4C[C@H](Cn5ccnn5)OC4=O)cc3F)CCN2)no1. The minimum Gasteiger partial charge on any atom is -0.442 e. The van der Waals surface area contributed by atoms with Crippen LogP contribution in [0.2, 0.25) is 0 Å². The van der Waals surface area contributed by atoms with Crippen molar-refractivity contribution in [2.24, 2.45) is 0 Å². The molecule has 0 bridgehead atoms. The van der Waals surface area contributed by atoms with E-state index in [1.807, 2.05) is 4.90 Å². The molecule has 2 aliphatic rings. The Balaban J connectivity index is 1.25. The fourth-order valence-electron chi connectivity index (χ4n) is 4.37. The minimum atomic E-state index is -0.533. The number of hydrogen-bond acceptors (Lipinski definition) is 9. The number of nitrogens with zero attached hydrogens (tertiary/aromatic N) is 7. The number of hydrogen-bond donors (Lipinski definition) is 2. The van der Waals surface area contributed by atoms with Gasteiger partial charge in [0.25, 0.3) is 0 Å². The summed E-state index contributed by atoms with van der Waals surface area (Å²) in [6.45, 7) is 5.79.